The number of hydrogen-bond acceptors (Lipinski definition) is 8. The van der Waals surface area contributed by atoms with Crippen LogP contribution < -0.4 is 16.1 Å². The van der Waals surface area contributed by atoms with Crippen molar-refractivity contribution < 1.29 is 14.4 Å². The third-order valence-corrected chi connectivity index (χ3v) is 6.24. The SMILES string of the molecule is CC(C)Nc1nnc(SCC(=O)NN2C(=O)NC3(CCCCC3)C2=O)s1. The lowest BCUT2D eigenvalue weighted by molar-refractivity contribution is -0.139. The summed E-state index contributed by atoms with van der Waals surface area (Å²) >= 11 is 2.57. The van der Waals surface area contributed by atoms with E-state index in [0.29, 0.717) is 22.3 Å². The average molecular weight is 399 g/mol. The van der Waals surface area contributed by atoms with Gasteiger partial charge in [0, 0.05) is 6.04 Å². The first kappa shape index (κ1) is 18.9. The molecule has 11 heteroatoms. The van der Waals surface area contributed by atoms with Crippen LogP contribution in [0.25, 0.3) is 0 Å². The van der Waals surface area contributed by atoms with Gasteiger partial charge in [0.15, 0.2) is 4.34 Å². The lowest BCUT2D eigenvalue weighted by Crippen LogP contribution is -2.51. The largest absolute Gasteiger partial charge is 0.358 e. The second-order valence-corrected chi connectivity index (χ2v) is 8.91. The van der Waals surface area contributed by atoms with E-state index in [1.54, 1.807) is 0 Å². The van der Waals surface area contributed by atoms with Crippen LogP contribution in [0.5, 0.6) is 0 Å². The van der Waals surface area contributed by atoms with Crippen LogP contribution in [0.4, 0.5) is 9.93 Å². The number of carbonyl (C=O) groups is 3. The molecular weight excluding hydrogens is 376 g/mol. The Bertz CT molecular complexity index is 701. The molecule has 0 aromatic carbocycles. The van der Waals surface area contributed by atoms with Gasteiger partial charge in [0.2, 0.25) is 11.0 Å². The van der Waals surface area contributed by atoms with Gasteiger partial charge < -0.3 is 10.6 Å². The monoisotopic (exact) mass is 398 g/mol. The summed E-state index contributed by atoms with van der Waals surface area (Å²) < 4.78 is 0.643. The molecule has 2 fully saturated rings. The summed E-state index contributed by atoms with van der Waals surface area (Å²) in [7, 11) is 0. The van der Waals surface area contributed by atoms with Gasteiger partial charge in [0.1, 0.15) is 5.54 Å². The maximum absolute atomic E-state index is 12.6. The molecule has 1 aliphatic heterocycles. The standard InChI is InChI=1S/C15H22N6O3S2/c1-9(2)16-12-18-19-14(26-12)25-8-10(22)20-21-11(23)15(17-13(21)24)6-4-3-5-7-15/h9H,3-8H2,1-2H3,(H,16,18)(H,17,24)(H,20,22). The van der Waals surface area contributed by atoms with E-state index in [1.165, 1.54) is 23.1 Å². The van der Waals surface area contributed by atoms with Crippen LogP contribution in [0.1, 0.15) is 46.0 Å². The van der Waals surface area contributed by atoms with Gasteiger partial charge in [-0.05, 0) is 26.7 Å². The Balaban J connectivity index is 1.52. The summed E-state index contributed by atoms with van der Waals surface area (Å²) in [4.78, 5) is 36.9. The highest BCUT2D eigenvalue weighted by atomic mass is 32.2. The number of urea groups is 1. The first-order chi connectivity index (χ1) is 12.4. The number of hydrogen-bond donors (Lipinski definition) is 3. The molecule has 1 aromatic heterocycles. The molecule has 4 amide bonds. The molecule has 142 valence electrons. The molecule has 2 heterocycles. The van der Waals surface area contributed by atoms with Crippen LogP contribution in [-0.2, 0) is 9.59 Å². The van der Waals surface area contributed by atoms with E-state index in [9.17, 15) is 14.4 Å². The highest BCUT2D eigenvalue weighted by Crippen LogP contribution is 2.33. The normalized spacial score (nSPS) is 19.1. The number of thioether (sulfide) groups is 1. The maximum atomic E-state index is 12.6. The summed E-state index contributed by atoms with van der Waals surface area (Å²) in [5.74, 6) is -0.750. The number of nitrogens with zero attached hydrogens (tertiary/aromatic N) is 3. The van der Waals surface area contributed by atoms with E-state index in [0.717, 1.165) is 24.3 Å². The minimum Gasteiger partial charge on any atom is -0.358 e. The number of nitrogens with one attached hydrogen (secondary N) is 3. The van der Waals surface area contributed by atoms with Crippen molar-refractivity contribution in [1.82, 2.24) is 25.9 Å². The van der Waals surface area contributed by atoms with E-state index in [2.05, 4.69) is 26.3 Å². The van der Waals surface area contributed by atoms with Gasteiger partial charge in [-0.25, -0.2) is 4.79 Å². The molecule has 0 atom stereocenters. The van der Waals surface area contributed by atoms with Gasteiger partial charge >= 0.3 is 6.03 Å². The summed E-state index contributed by atoms with van der Waals surface area (Å²) in [5, 5.41) is 15.4. The van der Waals surface area contributed by atoms with Crippen molar-refractivity contribution in [2.75, 3.05) is 11.1 Å². The molecule has 9 nitrogen and oxygen atoms in total. The van der Waals surface area contributed by atoms with Crippen LogP contribution in [0.3, 0.4) is 0 Å². The van der Waals surface area contributed by atoms with E-state index in [1.807, 2.05) is 13.8 Å². The van der Waals surface area contributed by atoms with Gasteiger partial charge in [-0.2, -0.15) is 5.01 Å². The molecule has 0 bridgehead atoms. The Morgan fingerprint density at radius 3 is 2.73 bits per heavy atom. The third-order valence-electron chi connectivity index (χ3n) is 4.25. The highest BCUT2D eigenvalue weighted by molar-refractivity contribution is 8.01. The molecule has 1 saturated carbocycles. The van der Waals surface area contributed by atoms with E-state index < -0.39 is 17.5 Å². The van der Waals surface area contributed by atoms with Crippen molar-refractivity contribution in [1.29, 1.82) is 0 Å². The van der Waals surface area contributed by atoms with E-state index in [4.69, 9.17) is 0 Å². The van der Waals surface area contributed by atoms with Crippen LogP contribution in [0.2, 0.25) is 0 Å². The lowest BCUT2D eigenvalue weighted by atomic mass is 9.82. The predicted octanol–water partition coefficient (Wildman–Crippen LogP) is 1.74. The van der Waals surface area contributed by atoms with Crippen LogP contribution in [0, 0.1) is 0 Å². The van der Waals surface area contributed by atoms with Crippen molar-refractivity contribution in [2.45, 2.75) is 61.9 Å². The molecule has 26 heavy (non-hydrogen) atoms. The van der Waals surface area contributed by atoms with E-state index >= 15 is 0 Å². The van der Waals surface area contributed by atoms with Gasteiger partial charge in [0.05, 0.1) is 5.75 Å². The molecule has 1 aliphatic carbocycles. The molecule has 1 saturated heterocycles. The molecule has 1 spiro atoms. The Kier molecular flexibility index (Phi) is 5.66. The van der Waals surface area contributed by atoms with Crippen molar-refractivity contribution >= 4 is 46.1 Å². The van der Waals surface area contributed by atoms with Gasteiger partial charge in [0.25, 0.3) is 5.91 Å². The zero-order valence-corrected chi connectivity index (χ0v) is 16.3. The topological polar surface area (TPSA) is 116 Å². The number of aromatic nitrogens is 2. The Morgan fingerprint density at radius 1 is 1.31 bits per heavy atom. The summed E-state index contributed by atoms with van der Waals surface area (Å²) in [6.07, 6.45) is 4.09. The first-order valence-corrected chi connectivity index (χ1v) is 10.4. The zero-order valence-electron chi connectivity index (χ0n) is 14.7. The molecule has 2 aliphatic rings. The number of carbonyl (C=O) groups excluding carboxylic acids is 3. The first-order valence-electron chi connectivity index (χ1n) is 8.59. The van der Waals surface area contributed by atoms with Crippen molar-refractivity contribution in [3.8, 4) is 0 Å². The number of anilines is 1. The van der Waals surface area contributed by atoms with Crippen LogP contribution in [-0.4, -0.2) is 50.4 Å². The third kappa shape index (κ3) is 4.09. The smallest absolute Gasteiger partial charge is 0.344 e. The summed E-state index contributed by atoms with van der Waals surface area (Å²) in [6.45, 7) is 4.00. The van der Waals surface area contributed by atoms with Crippen molar-refractivity contribution in [3.63, 3.8) is 0 Å². The summed E-state index contributed by atoms with van der Waals surface area (Å²) in [5.41, 5.74) is 1.57. The predicted molar refractivity (Wildman–Crippen MR) is 98.7 cm³/mol. The minimum atomic E-state index is -0.841. The second kappa shape index (κ2) is 7.78. The number of imide groups is 1. The highest BCUT2D eigenvalue weighted by Gasteiger charge is 2.52. The molecule has 3 N–H and O–H groups in total. The molecule has 0 radical (unpaired) electrons. The summed E-state index contributed by atoms with van der Waals surface area (Å²) in [6, 6.07) is -0.314. The quantitative estimate of drug-likeness (QED) is 0.494. The second-order valence-electron chi connectivity index (χ2n) is 6.71. The molecule has 0 unspecified atom stereocenters. The number of amides is 4. The van der Waals surface area contributed by atoms with Crippen molar-refractivity contribution in [2.24, 2.45) is 0 Å². The lowest BCUT2D eigenvalue weighted by Gasteiger charge is -2.30. The van der Waals surface area contributed by atoms with Gasteiger partial charge in [-0.3, -0.25) is 15.0 Å². The fourth-order valence-corrected chi connectivity index (χ4v) is 4.76. The average Bonchev–Trinajstić information content (AvgIpc) is 3.12. The van der Waals surface area contributed by atoms with Gasteiger partial charge in [-0.15, -0.1) is 10.2 Å². The van der Waals surface area contributed by atoms with Crippen LogP contribution >= 0.6 is 23.1 Å². The maximum Gasteiger partial charge on any atom is 0.344 e. The van der Waals surface area contributed by atoms with Gasteiger partial charge in [-0.1, -0.05) is 42.4 Å². The number of hydrazine groups is 1. The molecule has 1 aromatic rings. The van der Waals surface area contributed by atoms with E-state index in [-0.39, 0.29) is 17.7 Å². The fraction of sp³-hybridized carbons (Fsp3) is 0.667. The molecule has 3 rings (SSSR count). The minimum absolute atomic E-state index is 0.0420. The fourth-order valence-electron chi connectivity index (χ4n) is 3.07. The van der Waals surface area contributed by atoms with Crippen LogP contribution in [0.15, 0.2) is 4.34 Å². The number of rotatable bonds is 6. The Morgan fingerprint density at radius 2 is 2.04 bits per heavy atom. The Labute approximate surface area is 159 Å². The zero-order chi connectivity index (χ0) is 18.7. The van der Waals surface area contributed by atoms with Crippen molar-refractivity contribution in [3.05, 3.63) is 0 Å². The molecular formula is C15H22N6O3S2. The Hall–Kier alpha value is -1.88.